The normalized spacial score (nSPS) is 11.6. The van der Waals surface area contributed by atoms with E-state index in [4.69, 9.17) is 0 Å². The third-order valence-electron chi connectivity index (χ3n) is 2.51. The van der Waals surface area contributed by atoms with Crippen molar-refractivity contribution in [2.75, 3.05) is 0 Å². The smallest absolute Gasteiger partial charge is 0.192 e. The van der Waals surface area contributed by atoms with E-state index in [0.717, 1.165) is 17.0 Å². The first kappa shape index (κ1) is 14.9. The Kier molecular flexibility index (Phi) is 4.73. The number of halogens is 1. The molecule has 106 valence electrons. The molecule has 3 nitrogen and oxygen atoms in total. The summed E-state index contributed by atoms with van der Waals surface area (Å²) in [7, 11) is 0. The zero-order valence-corrected chi connectivity index (χ0v) is 12.7. The fourth-order valence-corrected chi connectivity index (χ4v) is 2.23. The molecule has 1 N–H and O–H groups in total. The van der Waals surface area contributed by atoms with Gasteiger partial charge in [-0.3, -0.25) is 0 Å². The standard InChI is InChI=1S/C15H18FN3S/c1-15(2,3)19-10-11-8-17-14(18-9-11)20-13-6-4-5-12(16)7-13/h4-9,19H,10H2,1-3H3. The molecule has 0 saturated heterocycles. The first-order valence-electron chi connectivity index (χ1n) is 6.42. The summed E-state index contributed by atoms with van der Waals surface area (Å²) in [4.78, 5) is 9.38. The van der Waals surface area contributed by atoms with E-state index in [1.807, 2.05) is 6.07 Å². The van der Waals surface area contributed by atoms with Gasteiger partial charge < -0.3 is 5.32 Å². The largest absolute Gasteiger partial charge is 0.308 e. The van der Waals surface area contributed by atoms with Gasteiger partial charge in [-0.2, -0.15) is 0 Å². The Balaban J connectivity index is 1.98. The summed E-state index contributed by atoms with van der Waals surface area (Å²) in [5, 5.41) is 4.00. The quantitative estimate of drug-likeness (QED) is 0.873. The van der Waals surface area contributed by atoms with E-state index in [-0.39, 0.29) is 11.4 Å². The summed E-state index contributed by atoms with van der Waals surface area (Å²) in [6.45, 7) is 7.07. The SMILES string of the molecule is CC(C)(C)NCc1cnc(Sc2cccc(F)c2)nc1. The van der Waals surface area contributed by atoms with Crippen LogP contribution in [0.4, 0.5) is 4.39 Å². The lowest BCUT2D eigenvalue weighted by atomic mass is 10.1. The molecule has 2 rings (SSSR count). The van der Waals surface area contributed by atoms with Crippen molar-refractivity contribution in [1.29, 1.82) is 0 Å². The molecule has 0 unspecified atom stereocenters. The van der Waals surface area contributed by atoms with Gasteiger partial charge in [0.1, 0.15) is 5.82 Å². The second-order valence-electron chi connectivity index (χ2n) is 5.54. The minimum atomic E-state index is -0.249. The highest BCUT2D eigenvalue weighted by atomic mass is 32.2. The average Bonchev–Trinajstić information content (AvgIpc) is 2.37. The van der Waals surface area contributed by atoms with Gasteiger partial charge in [0.05, 0.1) is 0 Å². The maximum atomic E-state index is 13.1. The van der Waals surface area contributed by atoms with Gasteiger partial charge >= 0.3 is 0 Å². The van der Waals surface area contributed by atoms with Crippen molar-refractivity contribution >= 4 is 11.8 Å². The molecule has 0 fully saturated rings. The van der Waals surface area contributed by atoms with E-state index < -0.39 is 0 Å². The van der Waals surface area contributed by atoms with Crippen LogP contribution < -0.4 is 5.32 Å². The molecular formula is C15H18FN3S. The van der Waals surface area contributed by atoms with E-state index in [1.165, 1.54) is 23.9 Å². The number of hydrogen-bond donors (Lipinski definition) is 1. The van der Waals surface area contributed by atoms with E-state index in [9.17, 15) is 4.39 Å². The summed E-state index contributed by atoms with van der Waals surface area (Å²) < 4.78 is 13.1. The molecule has 20 heavy (non-hydrogen) atoms. The van der Waals surface area contributed by atoms with Gasteiger partial charge in [0.15, 0.2) is 5.16 Å². The van der Waals surface area contributed by atoms with Crippen LogP contribution in [0, 0.1) is 5.82 Å². The molecule has 0 aliphatic heterocycles. The topological polar surface area (TPSA) is 37.8 Å². The minimum absolute atomic E-state index is 0.0645. The molecule has 0 aliphatic rings. The summed E-state index contributed by atoms with van der Waals surface area (Å²) in [6.07, 6.45) is 3.60. The van der Waals surface area contributed by atoms with E-state index in [1.54, 1.807) is 18.5 Å². The highest BCUT2D eigenvalue weighted by Gasteiger charge is 2.09. The third-order valence-corrected chi connectivity index (χ3v) is 3.39. The summed E-state index contributed by atoms with van der Waals surface area (Å²) in [5.74, 6) is -0.249. The number of aromatic nitrogens is 2. The second kappa shape index (κ2) is 6.33. The molecule has 0 amide bonds. The number of rotatable bonds is 4. The van der Waals surface area contributed by atoms with Crippen molar-refractivity contribution in [2.24, 2.45) is 0 Å². The van der Waals surface area contributed by atoms with Crippen LogP contribution in [0.2, 0.25) is 0 Å². The molecule has 1 aromatic carbocycles. The second-order valence-corrected chi connectivity index (χ2v) is 6.58. The van der Waals surface area contributed by atoms with Gasteiger partial charge in [-0.15, -0.1) is 0 Å². The zero-order chi connectivity index (χ0) is 14.6. The molecule has 0 bridgehead atoms. The molecule has 0 aliphatic carbocycles. The first-order chi connectivity index (χ1) is 9.42. The molecule has 1 aromatic heterocycles. The molecular weight excluding hydrogens is 273 g/mol. The summed E-state index contributed by atoms with van der Waals surface area (Å²) in [5.41, 5.74) is 1.10. The van der Waals surface area contributed by atoms with Gasteiger partial charge in [0, 0.05) is 34.9 Å². The zero-order valence-electron chi connectivity index (χ0n) is 11.9. The Morgan fingerprint density at radius 1 is 1.20 bits per heavy atom. The van der Waals surface area contributed by atoms with Crippen LogP contribution in [0.15, 0.2) is 46.7 Å². The van der Waals surface area contributed by atoms with E-state index in [2.05, 4.69) is 36.1 Å². The van der Waals surface area contributed by atoms with Crippen molar-refractivity contribution in [2.45, 2.75) is 42.9 Å². The van der Waals surface area contributed by atoms with Gasteiger partial charge in [0.2, 0.25) is 0 Å². The molecule has 5 heteroatoms. The van der Waals surface area contributed by atoms with Crippen LogP contribution in [0.25, 0.3) is 0 Å². The van der Waals surface area contributed by atoms with Crippen molar-refractivity contribution in [3.63, 3.8) is 0 Å². The van der Waals surface area contributed by atoms with Crippen LogP contribution in [-0.4, -0.2) is 15.5 Å². The Hall–Kier alpha value is -1.46. The van der Waals surface area contributed by atoms with Crippen molar-refractivity contribution in [3.05, 3.63) is 48.0 Å². The van der Waals surface area contributed by atoms with E-state index in [0.29, 0.717) is 5.16 Å². The highest BCUT2D eigenvalue weighted by molar-refractivity contribution is 7.99. The lowest BCUT2D eigenvalue weighted by Crippen LogP contribution is -2.35. The van der Waals surface area contributed by atoms with Gasteiger partial charge in [-0.1, -0.05) is 6.07 Å². The first-order valence-corrected chi connectivity index (χ1v) is 7.23. The van der Waals surface area contributed by atoms with E-state index >= 15 is 0 Å². The van der Waals surface area contributed by atoms with Gasteiger partial charge in [-0.05, 0) is 50.7 Å². The molecule has 0 radical (unpaired) electrons. The molecule has 0 atom stereocenters. The fraction of sp³-hybridized carbons (Fsp3) is 0.333. The van der Waals surface area contributed by atoms with Gasteiger partial charge in [0.25, 0.3) is 0 Å². The number of nitrogens with zero attached hydrogens (tertiary/aromatic N) is 2. The van der Waals surface area contributed by atoms with Crippen molar-refractivity contribution in [1.82, 2.24) is 15.3 Å². The lowest BCUT2D eigenvalue weighted by Gasteiger charge is -2.20. The van der Waals surface area contributed by atoms with Crippen LogP contribution in [0.1, 0.15) is 26.3 Å². The Morgan fingerprint density at radius 2 is 1.90 bits per heavy atom. The summed E-state index contributed by atoms with van der Waals surface area (Å²) in [6, 6.07) is 6.42. The molecule has 2 aromatic rings. The fourth-order valence-electron chi connectivity index (χ4n) is 1.49. The predicted octanol–water partition coefficient (Wildman–Crippen LogP) is 3.66. The third kappa shape index (κ3) is 4.90. The van der Waals surface area contributed by atoms with Crippen LogP contribution >= 0.6 is 11.8 Å². The minimum Gasteiger partial charge on any atom is -0.308 e. The Morgan fingerprint density at radius 3 is 2.50 bits per heavy atom. The Labute approximate surface area is 123 Å². The number of nitrogens with one attached hydrogen (secondary N) is 1. The van der Waals surface area contributed by atoms with Crippen molar-refractivity contribution in [3.8, 4) is 0 Å². The highest BCUT2D eigenvalue weighted by Crippen LogP contribution is 2.24. The predicted molar refractivity (Wildman–Crippen MR) is 79.1 cm³/mol. The maximum absolute atomic E-state index is 13.1. The molecule has 0 saturated carbocycles. The van der Waals surface area contributed by atoms with Crippen LogP contribution in [-0.2, 0) is 6.54 Å². The maximum Gasteiger partial charge on any atom is 0.192 e. The Bertz CT molecular complexity index is 564. The van der Waals surface area contributed by atoms with Crippen LogP contribution in [0.3, 0.4) is 0 Å². The lowest BCUT2D eigenvalue weighted by molar-refractivity contribution is 0.423. The summed E-state index contributed by atoms with van der Waals surface area (Å²) >= 11 is 1.35. The van der Waals surface area contributed by atoms with Crippen molar-refractivity contribution < 1.29 is 4.39 Å². The number of hydrogen-bond acceptors (Lipinski definition) is 4. The molecule has 1 heterocycles. The van der Waals surface area contributed by atoms with Gasteiger partial charge in [-0.25, -0.2) is 14.4 Å². The molecule has 0 spiro atoms. The average molecular weight is 291 g/mol. The number of benzene rings is 1. The van der Waals surface area contributed by atoms with Crippen LogP contribution in [0.5, 0.6) is 0 Å². The monoisotopic (exact) mass is 291 g/mol.